The van der Waals surface area contributed by atoms with Gasteiger partial charge in [-0.1, -0.05) is 24.3 Å². The second-order valence-corrected chi connectivity index (χ2v) is 6.65. The van der Waals surface area contributed by atoms with E-state index in [1.165, 1.54) is 23.5 Å². The van der Waals surface area contributed by atoms with Gasteiger partial charge in [0.05, 0.1) is 0 Å². The first-order valence-corrected chi connectivity index (χ1v) is 8.60. The van der Waals surface area contributed by atoms with Crippen molar-refractivity contribution >= 4 is 35.4 Å². The Balaban J connectivity index is 1.93. The zero-order chi connectivity index (χ0) is 19.2. The van der Waals surface area contributed by atoms with Gasteiger partial charge in [-0.15, -0.1) is 21.5 Å². The molecule has 0 spiro atoms. The van der Waals surface area contributed by atoms with E-state index >= 15 is 0 Å². The number of carbonyl (C=O) groups is 2. The number of carboxylic acids is 2. The molecule has 0 fully saturated rings. The predicted molar refractivity (Wildman–Crippen MR) is 100 cm³/mol. The summed E-state index contributed by atoms with van der Waals surface area (Å²) in [7, 11) is 0. The standard InChI is InChI=1S/C18H14N4O4S/c23-16(24)6-4-11-2-1-3-12(8-11)9-15-14(18-19-21-22-20-18)10-13(27-15)5-7-17(25)26/h1-8,10H,9H2,(H,23,24)(H,25,26)(H,19,20,21,22)/b6-4+,7-5+. The minimum atomic E-state index is -1.02. The van der Waals surface area contributed by atoms with Crippen molar-refractivity contribution in [1.82, 2.24) is 20.6 Å². The molecule has 0 bridgehead atoms. The van der Waals surface area contributed by atoms with E-state index in [-0.39, 0.29) is 0 Å². The summed E-state index contributed by atoms with van der Waals surface area (Å²) in [4.78, 5) is 23.1. The molecule has 3 N–H and O–H groups in total. The van der Waals surface area contributed by atoms with Crippen LogP contribution in [0.4, 0.5) is 0 Å². The summed E-state index contributed by atoms with van der Waals surface area (Å²) >= 11 is 1.43. The normalized spacial score (nSPS) is 11.4. The fourth-order valence-corrected chi connectivity index (χ4v) is 3.54. The van der Waals surface area contributed by atoms with E-state index in [9.17, 15) is 9.59 Å². The molecule has 3 aromatic rings. The summed E-state index contributed by atoms with van der Waals surface area (Å²) < 4.78 is 0. The molecular weight excluding hydrogens is 368 g/mol. The second-order valence-electron chi connectivity index (χ2n) is 5.49. The molecular formula is C18H14N4O4S. The van der Waals surface area contributed by atoms with Crippen molar-refractivity contribution in [2.45, 2.75) is 6.42 Å². The number of nitrogens with zero attached hydrogens (tertiary/aromatic N) is 3. The highest BCUT2D eigenvalue weighted by Gasteiger charge is 2.14. The van der Waals surface area contributed by atoms with E-state index in [1.807, 2.05) is 30.3 Å². The Morgan fingerprint density at radius 2 is 1.89 bits per heavy atom. The van der Waals surface area contributed by atoms with Gasteiger partial charge in [-0.25, -0.2) is 9.59 Å². The van der Waals surface area contributed by atoms with Crippen LogP contribution >= 0.6 is 11.3 Å². The molecule has 0 amide bonds. The Hall–Kier alpha value is -3.59. The minimum Gasteiger partial charge on any atom is -0.478 e. The molecule has 0 aliphatic carbocycles. The number of aliphatic carboxylic acids is 2. The van der Waals surface area contributed by atoms with Crippen LogP contribution < -0.4 is 0 Å². The van der Waals surface area contributed by atoms with Crippen molar-refractivity contribution in [2.24, 2.45) is 0 Å². The molecule has 27 heavy (non-hydrogen) atoms. The van der Waals surface area contributed by atoms with Crippen molar-refractivity contribution in [1.29, 1.82) is 0 Å². The number of aromatic nitrogens is 4. The molecule has 0 atom stereocenters. The highest BCUT2D eigenvalue weighted by molar-refractivity contribution is 7.13. The summed E-state index contributed by atoms with van der Waals surface area (Å²) in [6.45, 7) is 0. The Labute approximate surface area is 157 Å². The third-order valence-electron chi connectivity index (χ3n) is 3.54. The van der Waals surface area contributed by atoms with Crippen LogP contribution in [-0.2, 0) is 16.0 Å². The van der Waals surface area contributed by atoms with Gasteiger partial charge in [0, 0.05) is 33.9 Å². The highest BCUT2D eigenvalue weighted by Crippen LogP contribution is 2.32. The van der Waals surface area contributed by atoms with Crippen LogP contribution in [-0.4, -0.2) is 42.8 Å². The Morgan fingerprint density at radius 3 is 2.59 bits per heavy atom. The number of carboxylic acid groups (broad SMARTS) is 2. The molecule has 0 radical (unpaired) electrons. The van der Waals surface area contributed by atoms with E-state index in [0.29, 0.717) is 12.2 Å². The van der Waals surface area contributed by atoms with Gasteiger partial charge in [0.25, 0.3) is 0 Å². The molecule has 136 valence electrons. The molecule has 8 nitrogen and oxygen atoms in total. The third-order valence-corrected chi connectivity index (χ3v) is 4.64. The summed E-state index contributed by atoms with van der Waals surface area (Å²) in [6.07, 6.45) is 5.77. The van der Waals surface area contributed by atoms with Gasteiger partial charge in [-0.05, 0) is 34.6 Å². The lowest BCUT2D eigenvalue weighted by atomic mass is 10.0. The maximum absolute atomic E-state index is 10.8. The number of hydrogen-bond donors (Lipinski definition) is 3. The average molecular weight is 382 g/mol. The summed E-state index contributed by atoms with van der Waals surface area (Å²) in [5.74, 6) is -1.60. The largest absolute Gasteiger partial charge is 0.478 e. The van der Waals surface area contributed by atoms with Gasteiger partial charge in [-0.3, -0.25) is 0 Å². The van der Waals surface area contributed by atoms with Gasteiger partial charge >= 0.3 is 11.9 Å². The number of H-pyrrole nitrogens is 1. The number of tetrazole rings is 1. The zero-order valence-corrected chi connectivity index (χ0v) is 14.7. The van der Waals surface area contributed by atoms with Crippen molar-refractivity contribution in [2.75, 3.05) is 0 Å². The first kappa shape index (κ1) is 18.2. The fraction of sp³-hybridized carbons (Fsp3) is 0.0556. The molecule has 0 saturated heterocycles. The number of aromatic amines is 1. The van der Waals surface area contributed by atoms with Gasteiger partial charge < -0.3 is 10.2 Å². The topological polar surface area (TPSA) is 129 Å². The Morgan fingerprint density at radius 1 is 1.11 bits per heavy atom. The van der Waals surface area contributed by atoms with E-state index in [2.05, 4.69) is 20.6 Å². The summed E-state index contributed by atoms with van der Waals surface area (Å²) in [5.41, 5.74) is 2.52. The van der Waals surface area contributed by atoms with Crippen molar-refractivity contribution in [3.8, 4) is 11.4 Å². The lowest BCUT2D eigenvalue weighted by Crippen LogP contribution is -1.90. The summed E-state index contributed by atoms with van der Waals surface area (Å²) in [5, 5.41) is 31.6. The van der Waals surface area contributed by atoms with E-state index in [0.717, 1.165) is 38.6 Å². The first-order valence-electron chi connectivity index (χ1n) is 7.79. The lowest BCUT2D eigenvalue weighted by molar-refractivity contribution is -0.132. The smallest absolute Gasteiger partial charge is 0.328 e. The van der Waals surface area contributed by atoms with Crippen LogP contribution in [0.15, 0.2) is 42.5 Å². The third kappa shape index (κ3) is 4.95. The Bertz CT molecular complexity index is 1020. The summed E-state index contributed by atoms with van der Waals surface area (Å²) in [6, 6.07) is 9.32. The number of hydrogen-bond acceptors (Lipinski definition) is 6. The number of nitrogens with one attached hydrogen (secondary N) is 1. The van der Waals surface area contributed by atoms with Crippen LogP contribution in [0.25, 0.3) is 23.5 Å². The highest BCUT2D eigenvalue weighted by atomic mass is 32.1. The predicted octanol–water partition coefficient (Wildman–Crippen LogP) is 2.71. The molecule has 3 rings (SSSR count). The quantitative estimate of drug-likeness (QED) is 0.536. The number of thiophene rings is 1. The molecule has 9 heteroatoms. The molecule has 0 aliphatic heterocycles. The molecule has 1 aromatic carbocycles. The van der Waals surface area contributed by atoms with Crippen LogP contribution in [0.1, 0.15) is 20.9 Å². The number of rotatable bonds is 7. The molecule has 2 heterocycles. The maximum atomic E-state index is 10.8. The molecule has 2 aromatic heterocycles. The minimum absolute atomic E-state index is 0.429. The van der Waals surface area contributed by atoms with E-state index in [4.69, 9.17) is 10.2 Å². The van der Waals surface area contributed by atoms with Crippen molar-refractivity contribution in [3.63, 3.8) is 0 Å². The van der Waals surface area contributed by atoms with Crippen LogP contribution in [0.5, 0.6) is 0 Å². The number of benzene rings is 1. The van der Waals surface area contributed by atoms with Gasteiger partial charge in [0.2, 0.25) is 5.82 Å². The first-order chi connectivity index (χ1) is 13.0. The maximum Gasteiger partial charge on any atom is 0.328 e. The van der Waals surface area contributed by atoms with E-state index < -0.39 is 11.9 Å². The van der Waals surface area contributed by atoms with Crippen molar-refractivity contribution < 1.29 is 19.8 Å². The van der Waals surface area contributed by atoms with Crippen LogP contribution in [0.3, 0.4) is 0 Å². The lowest BCUT2D eigenvalue weighted by Gasteiger charge is -2.03. The molecule has 0 unspecified atom stereocenters. The van der Waals surface area contributed by atoms with Crippen LogP contribution in [0, 0.1) is 0 Å². The average Bonchev–Trinajstić information content (AvgIpc) is 3.28. The van der Waals surface area contributed by atoms with Gasteiger partial charge in [0.15, 0.2) is 0 Å². The SMILES string of the molecule is O=C(O)/C=C/c1cccc(Cc2sc(/C=C/C(=O)O)cc2-c2nn[nH]n2)c1. The zero-order valence-electron chi connectivity index (χ0n) is 13.9. The van der Waals surface area contributed by atoms with Gasteiger partial charge in [0.1, 0.15) is 0 Å². The monoisotopic (exact) mass is 382 g/mol. The fourth-order valence-electron chi connectivity index (χ4n) is 2.44. The second kappa shape index (κ2) is 8.19. The van der Waals surface area contributed by atoms with Gasteiger partial charge in [-0.2, -0.15) is 5.21 Å². The van der Waals surface area contributed by atoms with Crippen LogP contribution in [0.2, 0.25) is 0 Å². The Kier molecular flexibility index (Phi) is 5.53. The van der Waals surface area contributed by atoms with Crippen molar-refractivity contribution in [3.05, 3.63) is 63.4 Å². The van der Waals surface area contributed by atoms with E-state index in [1.54, 1.807) is 0 Å². The molecule has 0 saturated carbocycles. The molecule has 0 aliphatic rings.